The van der Waals surface area contributed by atoms with Gasteiger partial charge in [0.2, 0.25) is 0 Å². The Morgan fingerprint density at radius 3 is 2.52 bits per heavy atom. The summed E-state index contributed by atoms with van der Waals surface area (Å²) in [5.41, 5.74) is 0.925. The molecule has 2 fully saturated rings. The quantitative estimate of drug-likeness (QED) is 0.367. The van der Waals surface area contributed by atoms with Gasteiger partial charge in [0.15, 0.2) is 5.96 Å². The summed E-state index contributed by atoms with van der Waals surface area (Å²) in [4.78, 5) is 12.0. The molecule has 1 aliphatic heterocycles. The summed E-state index contributed by atoms with van der Waals surface area (Å²) < 4.78 is 0. The maximum atomic E-state index is 10.1. The summed E-state index contributed by atoms with van der Waals surface area (Å²) >= 11 is 0. The van der Waals surface area contributed by atoms with Crippen molar-refractivity contribution in [2.75, 3.05) is 51.2 Å². The highest BCUT2D eigenvalue weighted by molar-refractivity contribution is 14.0. The maximum Gasteiger partial charge on any atom is 0.194 e. The second-order valence-corrected chi connectivity index (χ2v) is 7.40. The number of likely N-dealkylation sites (N-methyl/N-ethyl adjacent to an activating group) is 1. The second-order valence-electron chi connectivity index (χ2n) is 7.40. The third-order valence-electron chi connectivity index (χ3n) is 5.46. The first-order valence-electron chi connectivity index (χ1n) is 9.88. The number of aromatic hydroxyl groups is 1. The van der Waals surface area contributed by atoms with E-state index in [1.54, 1.807) is 6.07 Å². The number of aliphatic imine (C=N–C) groups is 1. The molecule has 152 valence electrons. The molecule has 2 N–H and O–H groups in total. The first kappa shape index (κ1) is 22.1. The lowest BCUT2D eigenvalue weighted by atomic mass is 10.2. The molecule has 3 rings (SSSR count). The number of rotatable bonds is 6. The lowest BCUT2D eigenvalue weighted by Crippen LogP contribution is -2.53. The van der Waals surface area contributed by atoms with Gasteiger partial charge < -0.3 is 20.2 Å². The van der Waals surface area contributed by atoms with Crippen LogP contribution in [-0.2, 0) is 0 Å². The van der Waals surface area contributed by atoms with E-state index >= 15 is 0 Å². The average molecular weight is 487 g/mol. The van der Waals surface area contributed by atoms with Gasteiger partial charge >= 0.3 is 0 Å². The van der Waals surface area contributed by atoms with E-state index in [1.165, 1.54) is 12.8 Å². The predicted molar refractivity (Wildman–Crippen MR) is 124 cm³/mol. The van der Waals surface area contributed by atoms with Crippen LogP contribution in [0, 0.1) is 0 Å². The highest BCUT2D eigenvalue weighted by Gasteiger charge is 2.29. The molecule has 1 saturated heterocycles. The molecule has 6 nitrogen and oxygen atoms in total. The summed E-state index contributed by atoms with van der Waals surface area (Å²) in [6.45, 7) is 9.69. The number of nitrogens with one attached hydrogen (secondary N) is 1. The van der Waals surface area contributed by atoms with Crippen LogP contribution in [0.1, 0.15) is 26.7 Å². The van der Waals surface area contributed by atoms with Crippen LogP contribution in [0.15, 0.2) is 29.3 Å². The van der Waals surface area contributed by atoms with Gasteiger partial charge in [0, 0.05) is 44.8 Å². The van der Waals surface area contributed by atoms with Crippen molar-refractivity contribution >= 4 is 35.6 Å². The molecule has 0 amide bonds. The lowest BCUT2D eigenvalue weighted by molar-refractivity contribution is 0.252. The molecule has 0 spiro atoms. The molecule has 1 heterocycles. The van der Waals surface area contributed by atoms with Crippen LogP contribution < -0.4 is 10.2 Å². The summed E-state index contributed by atoms with van der Waals surface area (Å²) in [6, 6.07) is 8.82. The van der Waals surface area contributed by atoms with Crippen LogP contribution in [0.5, 0.6) is 5.75 Å². The van der Waals surface area contributed by atoms with E-state index in [4.69, 9.17) is 4.99 Å². The third kappa shape index (κ3) is 5.88. The van der Waals surface area contributed by atoms with Crippen LogP contribution in [0.3, 0.4) is 0 Å². The topological polar surface area (TPSA) is 54.3 Å². The molecule has 7 heteroatoms. The first-order valence-corrected chi connectivity index (χ1v) is 9.88. The zero-order chi connectivity index (χ0) is 18.5. The highest BCUT2D eigenvalue weighted by atomic mass is 127. The van der Waals surface area contributed by atoms with Crippen molar-refractivity contribution in [3.05, 3.63) is 24.3 Å². The van der Waals surface area contributed by atoms with Crippen LogP contribution in [0.2, 0.25) is 0 Å². The Bertz CT molecular complexity index is 614. The van der Waals surface area contributed by atoms with Gasteiger partial charge in [0.05, 0.1) is 12.2 Å². The van der Waals surface area contributed by atoms with E-state index in [9.17, 15) is 5.11 Å². The third-order valence-corrected chi connectivity index (χ3v) is 5.46. The molecule has 1 aromatic rings. The Morgan fingerprint density at radius 2 is 1.93 bits per heavy atom. The number of para-hydroxylation sites is 2. The van der Waals surface area contributed by atoms with Crippen LogP contribution in [0.25, 0.3) is 0 Å². The van der Waals surface area contributed by atoms with Gasteiger partial charge in [-0.25, -0.2) is 0 Å². The van der Waals surface area contributed by atoms with Crippen LogP contribution in [0.4, 0.5) is 5.69 Å². The predicted octanol–water partition coefficient (Wildman–Crippen LogP) is 2.58. The lowest BCUT2D eigenvalue weighted by Gasteiger charge is -2.38. The van der Waals surface area contributed by atoms with Crippen LogP contribution >= 0.6 is 24.0 Å². The normalized spacial score (nSPS) is 19.0. The molecule has 1 aliphatic carbocycles. The molecule has 2 aliphatic rings. The molecule has 27 heavy (non-hydrogen) atoms. The summed E-state index contributed by atoms with van der Waals surface area (Å²) in [7, 11) is 2.22. The monoisotopic (exact) mass is 487 g/mol. The van der Waals surface area contributed by atoms with Gasteiger partial charge in [-0.2, -0.15) is 0 Å². The van der Waals surface area contributed by atoms with E-state index in [0.29, 0.717) is 11.8 Å². The molecule has 1 aromatic carbocycles. The van der Waals surface area contributed by atoms with Gasteiger partial charge in [-0.05, 0) is 45.9 Å². The highest BCUT2D eigenvalue weighted by Crippen LogP contribution is 2.28. The summed E-state index contributed by atoms with van der Waals surface area (Å²) in [6.07, 6.45) is 2.66. The smallest absolute Gasteiger partial charge is 0.194 e. The van der Waals surface area contributed by atoms with Crippen molar-refractivity contribution in [1.29, 1.82) is 0 Å². The molecule has 1 atom stereocenters. The average Bonchev–Trinajstić information content (AvgIpc) is 3.50. The number of guanidine groups is 1. The van der Waals surface area contributed by atoms with Gasteiger partial charge in [-0.1, -0.05) is 12.1 Å². The van der Waals surface area contributed by atoms with Gasteiger partial charge in [0.1, 0.15) is 5.75 Å². The van der Waals surface area contributed by atoms with Crippen molar-refractivity contribution in [1.82, 2.24) is 15.1 Å². The number of phenolic OH excluding ortho intramolecular Hbond substituents is 1. The Labute approximate surface area is 180 Å². The molecular formula is C20H34IN5O. The molecule has 0 bridgehead atoms. The molecule has 0 radical (unpaired) electrons. The standard InChI is InChI=1S/C20H33N5O.HI/c1-4-21-20(22-15-16(2)23(3)17-9-10-17)25-13-11-24(12-14-25)18-7-5-6-8-19(18)26;/h5-8,16-17,26H,4,9-15H2,1-3H3,(H,21,22);1H. The number of nitrogens with zero attached hydrogens (tertiary/aromatic N) is 4. The number of hydrogen-bond donors (Lipinski definition) is 2. The largest absolute Gasteiger partial charge is 0.506 e. The Kier molecular flexibility index (Phi) is 8.47. The number of hydrogen-bond acceptors (Lipinski definition) is 4. The van der Waals surface area contributed by atoms with Crippen molar-refractivity contribution in [3.8, 4) is 5.75 Å². The Hall–Kier alpha value is -1.22. The first-order chi connectivity index (χ1) is 12.6. The Morgan fingerprint density at radius 1 is 1.26 bits per heavy atom. The van der Waals surface area contributed by atoms with E-state index < -0.39 is 0 Å². The minimum absolute atomic E-state index is 0. The number of halogens is 1. The van der Waals surface area contributed by atoms with E-state index in [2.05, 4.69) is 40.9 Å². The minimum atomic E-state index is 0. The van der Waals surface area contributed by atoms with E-state index in [0.717, 1.165) is 57.0 Å². The zero-order valence-electron chi connectivity index (χ0n) is 16.8. The second kappa shape index (κ2) is 10.4. The molecule has 1 unspecified atom stereocenters. The number of anilines is 1. The van der Waals surface area contributed by atoms with Crippen molar-refractivity contribution in [3.63, 3.8) is 0 Å². The maximum absolute atomic E-state index is 10.1. The zero-order valence-corrected chi connectivity index (χ0v) is 19.1. The minimum Gasteiger partial charge on any atom is -0.506 e. The van der Waals surface area contributed by atoms with E-state index in [-0.39, 0.29) is 24.0 Å². The summed E-state index contributed by atoms with van der Waals surface area (Å²) in [5.74, 6) is 1.37. The van der Waals surface area contributed by atoms with Crippen LogP contribution in [-0.4, -0.2) is 79.3 Å². The SMILES string of the molecule is CCNC(=NCC(C)N(C)C1CC1)N1CCN(c2ccccc2O)CC1.I. The van der Waals surface area contributed by atoms with Gasteiger partial charge in [-0.3, -0.25) is 9.89 Å². The van der Waals surface area contributed by atoms with Crippen molar-refractivity contribution in [2.45, 2.75) is 38.8 Å². The van der Waals surface area contributed by atoms with Crippen molar-refractivity contribution < 1.29 is 5.11 Å². The number of piperazine rings is 1. The summed E-state index contributed by atoms with van der Waals surface area (Å²) in [5, 5.41) is 13.5. The van der Waals surface area contributed by atoms with E-state index in [1.807, 2.05) is 18.2 Å². The number of phenols is 1. The van der Waals surface area contributed by atoms with Crippen molar-refractivity contribution in [2.24, 2.45) is 4.99 Å². The molecule has 1 saturated carbocycles. The van der Waals surface area contributed by atoms with Gasteiger partial charge in [-0.15, -0.1) is 24.0 Å². The number of benzene rings is 1. The fourth-order valence-electron chi connectivity index (χ4n) is 3.51. The fraction of sp³-hybridized carbons (Fsp3) is 0.650. The van der Waals surface area contributed by atoms with Gasteiger partial charge in [0.25, 0.3) is 0 Å². The molecule has 0 aromatic heterocycles. The fourth-order valence-corrected chi connectivity index (χ4v) is 3.51. The Balaban J connectivity index is 0.00000261. The molecular weight excluding hydrogens is 453 g/mol.